The molecule has 1 aromatic heterocycles. The number of carbonyl (C=O) groups is 4. The number of hydrogen-bond acceptors (Lipinski definition) is 7. The van der Waals surface area contributed by atoms with Crippen LogP contribution >= 0.6 is 0 Å². The van der Waals surface area contributed by atoms with E-state index in [2.05, 4.69) is 30.9 Å². The summed E-state index contributed by atoms with van der Waals surface area (Å²) in [5.74, 6) is -3.26. The molecule has 11 N–H and O–H groups in total. The molecule has 3 amide bonds. The van der Waals surface area contributed by atoms with Gasteiger partial charge in [0, 0.05) is 24.9 Å². The molecule has 0 radical (unpaired) electrons. The van der Waals surface area contributed by atoms with Gasteiger partial charge in [-0.05, 0) is 31.1 Å². The van der Waals surface area contributed by atoms with E-state index in [1.807, 2.05) is 20.8 Å². The zero-order valence-electron chi connectivity index (χ0n) is 22.6. The number of nitrogens with two attached hydrogens (primary N) is 3. The molecular formula is C24H43N9O5. The normalized spacial score (nSPS) is 15.0. The minimum absolute atomic E-state index is 0.0331. The van der Waals surface area contributed by atoms with Gasteiger partial charge in [-0.25, -0.2) is 9.78 Å². The van der Waals surface area contributed by atoms with Crippen LogP contribution in [0, 0.1) is 11.8 Å². The second kappa shape index (κ2) is 16.2. The Morgan fingerprint density at radius 2 is 1.71 bits per heavy atom. The number of carboxylic acid groups (broad SMARTS) is 1. The number of aromatic nitrogens is 2. The molecule has 14 nitrogen and oxygen atoms in total. The molecular weight excluding hydrogens is 494 g/mol. The zero-order valence-corrected chi connectivity index (χ0v) is 22.6. The highest BCUT2D eigenvalue weighted by Gasteiger charge is 2.33. The van der Waals surface area contributed by atoms with Crippen LogP contribution in [0.15, 0.2) is 17.5 Å². The van der Waals surface area contributed by atoms with Crippen LogP contribution in [-0.2, 0) is 25.6 Å². The largest absolute Gasteiger partial charge is 0.480 e. The quantitative estimate of drug-likeness (QED) is 0.0686. The molecule has 1 rings (SSSR count). The second-order valence-electron chi connectivity index (χ2n) is 9.80. The maximum absolute atomic E-state index is 13.4. The summed E-state index contributed by atoms with van der Waals surface area (Å²) in [7, 11) is 0. The molecule has 0 spiro atoms. The summed E-state index contributed by atoms with van der Waals surface area (Å²) in [5.41, 5.74) is 17.2. The zero-order chi connectivity index (χ0) is 28.8. The smallest absolute Gasteiger partial charge is 0.326 e. The first-order valence-electron chi connectivity index (χ1n) is 12.8. The predicted molar refractivity (Wildman–Crippen MR) is 143 cm³/mol. The molecule has 14 heteroatoms. The molecule has 1 heterocycles. The van der Waals surface area contributed by atoms with Crippen LogP contribution in [0.2, 0.25) is 0 Å². The van der Waals surface area contributed by atoms with Gasteiger partial charge in [-0.2, -0.15) is 0 Å². The number of aliphatic carboxylic acids is 1. The van der Waals surface area contributed by atoms with Gasteiger partial charge in [-0.15, -0.1) is 0 Å². The molecule has 0 aliphatic carbocycles. The first-order valence-corrected chi connectivity index (χ1v) is 12.8. The molecule has 0 fully saturated rings. The van der Waals surface area contributed by atoms with Gasteiger partial charge in [-0.3, -0.25) is 19.4 Å². The third kappa shape index (κ3) is 11.6. The van der Waals surface area contributed by atoms with E-state index in [0.29, 0.717) is 25.1 Å². The maximum Gasteiger partial charge on any atom is 0.326 e. The van der Waals surface area contributed by atoms with E-state index in [-0.39, 0.29) is 37.1 Å². The average molecular weight is 538 g/mol. The van der Waals surface area contributed by atoms with Gasteiger partial charge < -0.3 is 43.2 Å². The van der Waals surface area contributed by atoms with E-state index in [9.17, 15) is 24.3 Å². The number of carboxylic acids is 1. The summed E-state index contributed by atoms with van der Waals surface area (Å²) < 4.78 is 0. The Kier molecular flexibility index (Phi) is 13.8. The van der Waals surface area contributed by atoms with Crippen LogP contribution in [0.3, 0.4) is 0 Å². The van der Waals surface area contributed by atoms with E-state index in [4.69, 9.17) is 17.2 Å². The first-order chi connectivity index (χ1) is 17.8. The highest BCUT2D eigenvalue weighted by molar-refractivity contribution is 5.94. The number of H-pyrrole nitrogens is 1. The Morgan fingerprint density at radius 3 is 2.24 bits per heavy atom. The molecule has 5 unspecified atom stereocenters. The van der Waals surface area contributed by atoms with Gasteiger partial charge >= 0.3 is 5.97 Å². The van der Waals surface area contributed by atoms with E-state index in [1.165, 1.54) is 12.5 Å². The molecule has 0 saturated carbocycles. The lowest BCUT2D eigenvalue weighted by Gasteiger charge is -2.28. The van der Waals surface area contributed by atoms with Crippen molar-refractivity contribution in [1.82, 2.24) is 25.9 Å². The van der Waals surface area contributed by atoms with Crippen LogP contribution < -0.4 is 33.2 Å². The Bertz CT molecular complexity index is 932. The SMILES string of the molecule is CCC(C)C(NC(=O)C(Cc1cnc[nH]1)NC(=O)C(N)CCCN=C(N)N)C(=O)NC(CC(C)C)C(=O)O. The molecule has 0 bridgehead atoms. The fourth-order valence-corrected chi connectivity index (χ4v) is 3.66. The molecule has 0 aliphatic rings. The number of guanidine groups is 1. The van der Waals surface area contributed by atoms with Crippen molar-refractivity contribution >= 4 is 29.7 Å². The fourth-order valence-electron chi connectivity index (χ4n) is 3.66. The topological polar surface area (TPSA) is 244 Å². The summed E-state index contributed by atoms with van der Waals surface area (Å²) in [5, 5.41) is 17.4. The molecule has 0 aromatic carbocycles. The Balaban J connectivity index is 3.02. The van der Waals surface area contributed by atoms with Crippen molar-refractivity contribution in [3.8, 4) is 0 Å². The van der Waals surface area contributed by atoms with Crippen molar-refractivity contribution in [2.75, 3.05) is 6.54 Å². The van der Waals surface area contributed by atoms with Crippen molar-refractivity contribution in [1.29, 1.82) is 0 Å². The van der Waals surface area contributed by atoms with Gasteiger partial charge in [0.2, 0.25) is 17.7 Å². The minimum atomic E-state index is -1.15. The monoisotopic (exact) mass is 537 g/mol. The average Bonchev–Trinajstić information content (AvgIpc) is 3.36. The molecule has 214 valence electrons. The van der Waals surface area contributed by atoms with E-state index >= 15 is 0 Å². The summed E-state index contributed by atoms with van der Waals surface area (Å²) in [6, 6.07) is -4.10. The number of carbonyl (C=O) groups excluding carboxylic acids is 3. The lowest BCUT2D eigenvalue weighted by molar-refractivity contribution is -0.143. The predicted octanol–water partition coefficient (Wildman–Crippen LogP) is -1.04. The third-order valence-corrected chi connectivity index (χ3v) is 6.03. The van der Waals surface area contributed by atoms with Crippen molar-refractivity contribution in [2.24, 2.45) is 34.0 Å². The molecule has 0 aliphatic heterocycles. The Hall–Kier alpha value is -3.68. The fraction of sp³-hybridized carbons (Fsp3) is 0.667. The van der Waals surface area contributed by atoms with Gasteiger partial charge in [0.1, 0.15) is 18.1 Å². The van der Waals surface area contributed by atoms with Gasteiger partial charge in [0.15, 0.2) is 5.96 Å². The van der Waals surface area contributed by atoms with E-state index < -0.39 is 47.9 Å². The van der Waals surface area contributed by atoms with Crippen LogP contribution in [0.1, 0.15) is 59.1 Å². The van der Waals surface area contributed by atoms with E-state index in [1.54, 1.807) is 6.92 Å². The standard InChI is InChI=1S/C24H43N9O5/c1-5-14(4)19(22(36)32-18(23(37)38)9-13(2)3)33-21(35)17(10-15-11-28-12-30-15)31-20(34)16(25)7-6-8-29-24(26)27/h11-14,16-19H,5-10,25H2,1-4H3,(H,28,30)(H,31,34)(H,32,36)(H,33,35)(H,37,38)(H4,26,27,29). The summed E-state index contributed by atoms with van der Waals surface area (Å²) >= 11 is 0. The second-order valence-corrected chi connectivity index (χ2v) is 9.80. The number of rotatable bonds is 17. The van der Waals surface area contributed by atoms with E-state index in [0.717, 1.165) is 0 Å². The van der Waals surface area contributed by atoms with Crippen LogP contribution in [0.4, 0.5) is 0 Å². The van der Waals surface area contributed by atoms with Crippen molar-refractivity contribution in [2.45, 2.75) is 84.0 Å². The summed E-state index contributed by atoms with van der Waals surface area (Å²) in [4.78, 5) is 61.6. The lowest BCUT2D eigenvalue weighted by Crippen LogP contribution is -2.59. The number of imidazole rings is 1. The number of nitrogens with one attached hydrogen (secondary N) is 4. The number of amides is 3. The molecule has 1 aromatic rings. The van der Waals surface area contributed by atoms with Gasteiger partial charge in [0.05, 0.1) is 12.4 Å². The van der Waals surface area contributed by atoms with Crippen molar-refractivity contribution < 1.29 is 24.3 Å². The number of aromatic amines is 1. The summed E-state index contributed by atoms with van der Waals surface area (Å²) in [6.07, 6.45) is 4.55. The third-order valence-electron chi connectivity index (χ3n) is 6.03. The van der Waals surface area contributed by atoms with Crippen molar-refractivity contribution in [3.63, 3.8) is 0 Å². The van der Waals surface area contributed by atoms with Crippen LogP contribution in [0.5, 0.6) is 0 Å². The van der Waals surface area contributed by atoms with Gasteiger partial charge in [0.25, 0.3) is 0 Å². The number of aliphatic imine (C=N–C) groups is 1. The maximum atomic E-state index is 13.4. The Labute approximate surface area is 223 Å². The molecule has 38 heavy (non-hydrogen) atoms. The first kappa shape index (κ1) is 32.3. The highest BCUT2D eigenvalue weighted by atomic mass is 16.4. The molecule has 5 atom stereocenters. The van der Waals surface area contributed by atoms with Crippen LogP contribution in [0.25, 0.3) is 0 Å². The minimum Gasteiger partial charge on any atom is -0.480 e. The van der Waals surface area contributed by atoms with Crippen LogP contribution in [-0.4, -0.2) is 75.4 Å². The Morgan fingerprint density at radius 1 is 1.05 bits per heavy atom. The van der Waals surface area contributed by atoms with Gasteiger partial charge in [-0.1, -0.05) is 34.1 Å². The lowest BCUT2D eigenvalue weighted by atomic mass is 9.96. The number of hydrogen-bond donors (Lipinski definition) is 8. The molecule has 0 saturated heterocycles. The highest BCUT2D eigenvalue weighted by Crippen LogP contribution is 2.12. The number of nitrogens with zero attached hydrogens (tertiary/aromatic N) is 2. The van der Waals surface area contributed by atoms with Crippen molar-refractivity contribution in [3.05, 3.63) is 18.2 Å². The summed E-state index contributed by atoms with van der Waals surface area (Å²) in [6.45, 7) is 7.64.